The molecule has 3 N–H and O–H groups in total. The molecule has 1 aromatic heterocycles. The fraction of sp³-hybridized carbons (Fsp3) is 0.167. The number of methoxy groups -OCH3 is 1. The first kappa shape index (κ1) is 12.0. The molecule has 0 aliphatic heterocycles. The van der Waals surface area contributed by atoms with E-state index in [1.54, 1.807) is 24.4 Å². The van der Waals surface area contributed by atoms with Crippen LogP contribution in [-0.4, -0.2) is 31.1 Å². The number of nitrogens with one attached hydrogen (secondary N) is 3. The smallest absolute Gasteiger partial charge is 0.338 e. The van der Waals surface area contributed by atoms with Gasteiger partial charge in [0.1, 0.15) is 0 Å². The lowest BCUT2D eigenvalue weighted by Gasteiger charge is -2.07. The van der Waals surface area contributed by atoms with Crippen LogP contribution in [0, 0.1) is 0 Å². The largest absolute Gasteiger partial charge is 0.465 e. The van der Waals surface area contributed by atoms with Crippen LogP contribution in [0.1, 0.15) is 10.4 Å². The highest BCUT2D eigenvalue weighted by molar-refractivity contribution is 6.06. The predicted molar refractivity (Wildman–Crippen MR) is 67.7 cm³/mol. The van der Waals surface area contributed by atoms with Crippen molar-refractivity contribution in [2.45, 2.75) is 0 Å². The second-order valence-electron chi connectivity index (χ2n) is 3.66. The molecule has 0 aliphatic rings. The van der Waals surface area contributed by atoms with E-state index in [9.17, 15) is 9.59 Å². The third-order valence-electron chi connectivity index (χ3n) is 2.56. The van der Waals surface area contributed by atoms with Gasteiger partial charge in [0.05, 0.1) is 12.7 Å². The number of benzene rings is 1. The highest BCUT2D eigenvalue weighted by Crippen LogP contribution is 2.23. The quantitative estimate of drug-likeness (QED) is 0.706. The Bertz CT molecular complexity index is 604. The van der Waals surface area contributed by atoms with Crippen LogP contribution in [0.2, 0.25) is 0 Å². The molecule has 6 heteroatoms. The molecule has 0 fully saturated rings. The van der Waals surface area contributed by atoms with Crippen LogP contribution < -0.4 is 10.6 Å². The minimum Gasteiger partial charge on any atom is -0.465 e. The molecule has 0 spiro atoms. The SMILES string of the molecule is CNC(=O)Nc1cc(C(=O)OC)c2cc[nH]c2c1. The van der Waals surface area contributed by atoms with Crippen molar-refractivity contribution >= 4 is 28.6 Å². The van der Waals surface area contributed by atoms with Gasteiger partial charge < -0.3 is 20.4 Å². The van der Waals surface area contributed by atoms with E-state index in [4.69, 9.17) is 4.74 Å². The zero-order valence-corrected chi connectivity index (χ0v) is 10.0. The number of urea groups is 1. The van der Waals surface area contributed by atoms with Gasteiger partial charge in [0.15, 0.2) is 0 Å². The van der Waals surface area contributed by atoms with Crippen molar-refractivity contribution in [3.05, 3.63) is 30.0 Å². The Morgan fingerprint density at radius 3 is 2.78 bits per heavy atom. The van der Waals surface area contributed by atoms with Crippen LogP contribution in [0.15, 0.2) is 24.4 Å². The Morgan fingerprint density at radius 2 is 2.11 bits per heavy atom. The summed E-state index contributed by atoms with van der Waals surface area (Å²) >= 11 is 0. The maximum absolute atomic E-state index is 11.7. The third kappa shape index (κ3) is 2.13. The van der Waals surface area contributed by atoms with Crippen LogP contribution >= 0.6 is 0 Å². The molecule has 0 atom stereocenters. The first-order chi connectivity index (χ1) is 8.65. The van der Waals surface area contributed by atoms with Crippen LogP contribution in [0.4, 0.5) is 10.5 Å². The minimum atomic E-state index is -0.444. The van der Waals surface area contributed by atoms with E-state index in [-0.39, 0.29) is 6.03 Å². The summed E-state index contributed by atoms with van der Waals surface area (Å²) in [4.78, 5) is 25.9. The van der Waals surface area contributed by atoms with Crippen molar-refractivity contribution in [1.82, 2.24) is 10.3 Å². The predicted octanol–water partition coefficient (Wildman–Crippen LogP) is 1.71. The number of anilines is 1. The summed E-state index contributed by atoms with van der Waals surface area (Å²) in [6.07, 6.45) is 1.72. The van der Waals surface area contributed by atoms with Gasteiger partial charge in [0.25, 0.3) is 0 Å². The van der Waals surface area contributed by atoms with Crippen molar-refractivity contribution < 1.29 is 14.3 Å². The number of esters is 1. The molecule has 1 aromatic carbocycles. The summed E-state index contributed by atoms with van der Waals surface area (Å²) in [7, 11) is 2.84. The van der Waals surface area contributed by atoms with E-state index >= 15 is 0 Å². The number of carbonyl (C=O) groups excluding carboxylic acids is 2. The van der Waals surface area contributed by atoms with Gasteiger partial charge in [-0.1, -0.05) is 0 Å². The Morgan fingerprint density at radius 1 is 1.33 bits per heavy atom. The fourth-order valence-electron chi connectivity index (χ4n) is 1.71. The Labute approximate surface area is 103 Å². The first-order valence-electron chi connectivity index (χ1n) is 5.34. The maximum Gasteiger partial charge on any atom is 0.338 e. The highest BCUT2D eigenvalue weighted by Gasteiger charge is 2.13. The van der Waals surface area contributed by atoms with Gasteiger partial charge in [-0.25, -0.2) is 9.59 Å². The Balaban J connectivity index is 2.50. The second-order valence-corrected chi connectivity index (χ2v) is 3.66. The molecule has 6 nitrogen and oxygen atoms in total. The van der Waals surface area contributed by atoms with E-state index in [1.807, 2.05) is 0 Å². The molecule has 2 rings (SSSR count). The van der Waals surface area contributed by atoms with Crippen LogP contribution in [0.25, 0.3) is 10.9 Å². The lowest BCUT2D eigenvalue weighted by atomic mass is 10.1. The zero-order valence-electron chi connectivity index (χ0n) is 10.0. The number of rotatable bonds is 2. The van der Waals surface area contributed by atoms with Gasteiger partial charge in [-0.05, 0) is 18.2 Å². The van der Waals surface area contributed by atoms with Gasteiger partial charge in [0, 0.05) is 29.8 Å². The molecule has 0 unspecified atom stereocenters. The Hall–Kier alpha value is -2.50. The standard InChI is InChI=1S/C12H13N3O3/c1-13-12(17)15-7-5-9(11(16)18-2)8-3-4-14-10(8)6-7/h3-6,14H,1-2H3,(H2,13,15,17). The van der Waals surface area contributed by atoms with E-state index < -0.39 is 5.97 Å². The third-order valence-corrected chi connectivity index (χ3v) is 2.56. The average molecular weight is 247 g/mol. The zero-order chi connectivity index (χ0) is 13.1. The van der Waals surface area contributed by atoms with Crippen LogP contribution in [-0.2, 0) is 4.74 Å². The number of hydrogen-bond donors (Lipinski definition) is 3. The topological polar surface area (TPSA) is 83.2 Å². The first-order valence-corrected chi connectivity index (χ1v) is 5.34. The van der Waals surface area contributed by atoms with Crippen LogP contribution in [0.5, 0.6) is 0 Å². The summed E-state index contributed by atoms with van der Waals surface area (Å²) in [5, 5.41) is 5.81. The molecular weight excluding hydrogens is 234 g/mol. The van der Waals surface area contributed by atoms with Crippen molar-refractivity contribution in [2.24, 2.45) is 0 Å². The number of aromatic nitrogens is 1. The molecule has 0 saturated heterocycles. The molecule has 0 aliphatic carbocycles. The molecule has 18 heavy (non-hydrogen) atoms. The van der Waals surface area contributed by atoms with E-state index in [0.29, 0.717) is 11.3 Å². The van der Waals surface area contributed by atoms with Crippen LogP contribution in [0.3, 0.4) is 0 Å². The molecule has 0 bridgehead atoms. The minimum absolute atomic E-state index is 0.350. The number of ether oxygens (including phenoxy) is 1. The lowest BCUT2D eigenvalue weighted by Crippen LogP contribution is -2.24. The lowest BCUT2D eigenvalue weighted by molar-refractivity contribution is 0.0603. The van der Waals surface area contributed by atoms with Gasteiger partial charge >= 0.3 is 12.0 Å². The molecule has 2 amide bonds. The van der Waals surface area contributed by atoms with Crippen molar-refractivity contribution in [1.29, 1.82) is 0 Å². The number of hydrogen-bond acceptors (Lipinski definition) is 3. The van der Waals surface area contributed by atoms with E-state index in [1.165, 1.54) is 14.2 Å². The summed E-state index contributed by atoms with van der Waals surface area (Å²) in [6.45, 7) is 0. The number of aromatic amines is 1. The summed E-state index contributed by atoms with van der Waals surface area (Å²) in [5.41, 5.74) is 1.68. The van der Waals surface area contributed by atoms with Gasteiger partial charge in [-0.2, -0.15) is 0 Å². The number of H-pyrrole nitrogens is 1. The molecule has 2 aromatic rings. The average Bonchev–Trinajstić information content (AvgIpc) is 2.84. The van der Waals surface area contributed by atoms with Gasteiger partial charge in [-0.15, -0.1) is 0 Å². The summed E-state index contributed by atoms with van der Waals surface area (Å²) in [6, 6.07) is 4.76. The van der Waals surface area contributed by atoms with Crippen molar-refractivity contribution in [2.75, 3.05) is 19.5 Å². The fourth-order valence-corrected chi connectivity index (χ4v) is 1.71. The van der Waals surface area contributed by atoms with E-state index in [2.05, 4.69) is 15.6 Å². The highest BCUT2D eigenvalue weighted by atomic mass is 16.5. The van der Waals surface area contributed by atoms with Crippen molar-refractivity contribution in [3.8, 4) is 0 Å². The maximum atomic E-state index is 11.7. The number of carbonyl (C=O) groups is 2. The molecular formula is C12H13N3O3. The molecule has 0 saturated carbocycles. The van der Waals surface area contributed by atoms with Crippen molar-refractivity contribution in [3.63, 3.8) is 0 Å². The van der Waals surface area contributed by atoms with Gasteiger partial charge in [-0.3, -0.25) is 0 Å². The summed E-state index contributed by atoms with van der Waals surface area (Å²) < 4.78 is 4.72. The number of amides is 2. The molecule has 0 radical (unpaired) electrons. The monoisotopic (exact) mass is 247 g/mol. The number of fused-ring (bicyclic) bond motifs is 1. The van der Waals surface area contributed by atoms with E-state index in [0.717, 1.165) is 10.9 Å². The second kappa shape index (κ2) is 4.79. The summed E-state index contributed by atoms with van der Waals surface area (Å²) in [5.74, 6) is -0.444. The Kier molecular flexibility index (Phi) is 3.18. The normalized spacial score (nSPS) is 10.1. The van der Waals surface area contributed by atoms with Gasteiger partial charge in [0.2, 0.25) is 0 Å². The molecule has 1 heterocycles. The molecule has 94 valence electrons.